The summed E-state index contributed by atoms with van der Waals surface area (Å²) in [6, 6.07) is 20.3. The summed E-state index contributed by atoms with van der Waals surface area (Å²) in [7, 11) is 1.55. The van der Waals surface area contributed by atoms with Crippen molar-refractivity contribution < 1.29 is 24.3 Å². The number of carbonyl (C=O) groups excluding carboxylic acids is 2. The molecule has 0 bridgehead atoms. The van der Waals surface area contributed by atoms with Crippen LogP contribution in [0.5, 0.6) is 11.5 Å². The number of rotatable bonds is 4. The number of nitrogens with zero attached hydrogens (tertiary/aromatic N) is 2. The van der Waals surface area contributed by atoms with Crippen LogP contribution in [0.1, 0.15) is 11.6 Å². The number of ether oxygens (including phenoxy) is 1. The molecule has 2 fully saturated rings. The number of hydroxylamine groups is 1. The first-order chi connectivity index (χ1) is 15.5. The Morgan fingerprint density at radius 2 is 1.66 bits per heavy atom. The summed E-state index contributed by atoms with van der Waals surface area (Å²) in [5, 5.41) is 11.7. The number of carbonyl (C=O) groups is 2. The fourth-order valence-corrected chi connectivity index (χ4v) is 4.75. The molecule has 0 spiro atoms. The molecular weight excluding hydrogens is 476 g/mol. The number of phenols is 1. The molecule has 8 heteroatoms. The maximum absolute atomic E-state index is 13.6. The Kier molecular flexibility index (Phi) is 5.11. The average Bonchev–Trinajstić information content (AvgIpc) is 3.32. The second-order valence-electron chi connectivity index (χ2n) is 7.57. The van der Waals surface area contributed by atoms with Crippen LogP contribution in [0.25, 0.3) is 0 Å². The van der Waals surface area contributed by atoms with Crippen molar-refractivity contribution in [3.8, 4) is 11.5 Å². The zero-order chi connectivity index (χ0) is 22.4. The Balaban J connectivity index is 1.59. The van der Waals surface area contributed by atoms with E-state index in [4.69, 9.17) is 9.57 Å². The van der Waals surface area contributed by atoms with Gasteiger partial charge < -0.3 is 9.84 Å². The van der Waals surface area contributed by atoms with Gasteiger partial charge in [-0.3, -0.25) is 14.4 Å². The van der Waals surface area contributed by atoms with Crippen LogP contribution in [0, 0.1) is 5.92 Å². The minimum absolute atomic E-state index is 0.0587. The van der Waals surface area contributed by atoms with Crippen LogP contribution < -0.4 is 14.7 Å². The summed E-state index contributed by atoms with van der Waals surface area (Å²) in [6.07, 6.45) is -0.982. The van der Waals surface area contributed by atoms with Crippen molar-refractivity contribution in [3.05, 3.63) is 82.8 Å². The van der Waals surface area contributed by atoms with Crippen LogP contribution in [0.15, 0.2) is 77.3 Å². The van der Waals surface area contributed by atoms with Crippen LogP contribution in [-0.4, -0.2) is 30.1 Å². The summed E-state index contributed by atoms with van der Waals surface area (Å²) in [5.41, 5.74) is 1.82. The number of benzene rings is 3. The van der Waals surface area contributed by atoms with Crippen LogP contribution in [0.2, 0.25) is 0 Å². The number of para-hydroxylation sites is 1. The van der Waals surface area contributed by atoms with Gasteiger partial charge in [-0.1, -0.05) is 34.1 Å². The molecule has 7 nitrogen and oxygen atoms in total. The second-order valence-corrected chi connectivity index (χ2v) is 8.43. The largest absolute Gasteiger partial charge is 0.508 e. The Labute approximate surface area is 192 Å². The Hall–Kier alpha value is -3.36. The average molecular weight is 495 g/mol. The van der Waals surface area contributed by atoms with Crippen LogP contribution in [0.3, 0.4) is 0 Å². The van der Waals surface area contributed by atoms with Gasteiger partial charge in [0.15, 0.2) is 6.10 Å². The Morgan fingerprint density at radius 1 is 0.938 bits per heavy atom. The van der Waals surface area contributed by atoms with Gasteiger partial charge in [0.1, 0.15) is 17.4 Å². The number of anilines is 2. The molecule has 3 atom stereocenters. The Morgan fingerprint density at radius 3 is 2.34 bits per heavy atom. The lowest BCUT2D eigenvalue weighted by Gasteiger charge is -2.29. The van der Waals surface area contributed by atoms with E-state index in [2.05, 4.69) is 15.9 Å². The molecule has 32 heavy (non-hydrogen) atoms. The van der Waals surface area contributed by atoms with E-state index < -0.39 is 24.0 Å². The third kappa shape index (κ3) is 3.23. The lowest BCUT2D eigenvalue weighted by atomic mass is 9.90. The van der Waals surface area contributed by atoms with Crippen LogP contribution >= 0.6 is 15.9 Å². The summed E-state index contributed by atoms with van der Waals surface area (Å²) >= 11 is 3.53. The number of hydrogen-bond acceptors (Lipinski definition) is 6. The normalized spacial score (nSPS) is 22.4. The lowest BCUT2D eigenvalue weighted by molar-refractivity contribution is -0.126. The van der Waals surface area contributed by atoms with E-state index in [0.29, 0.717) is 27.2 Å². The number of halogens is 1. The van der Waals surface area contributed by atoms with Crippen molar-refractivity contribution in [1.29, 1.82) is 0 Å². The monoisotopic (exact) mass is 494 g/mol. The van der Waals surface area contributed by atoms with E-state index in [0.717, 1.165) is 0 Å². The topological polar surface area (TPSA) is 79.3 Å². The smallest absolute Gasteiger partial charge is 0.266 e. The minimum Gasteiger partial charge on any atom is -0.508 e. The van der Waals surface area contributed by atoms with Gasteiger partial charge in [-0.05, 0) is 60.2 Å². The SMILES string of the molecule is COc1ccc(N2C(=O)C3ON(c4ccccc4)C(c4cc(O)ccc4Br)C3C2=O)cc1. The zero-order valence-corrected chi connectivity index (χ0v) is 18.6. The number of amides is 2. The summed E-state index contributed by atoms with van der Waals surface area (Å²) in [6.45, 7) is 0. The van der Waals surface area contributed by atoms with Crippen molar-refractivity contribution in [2.45, 2.75) is 12.1 Å². The van der Waals surface area contributed by atoms with Gasteiger partial charge in [0.2, 0.25) is 5.91 Å². The number of hydrogen-bond donors (Lipinski definition) is 1. The molecule has 2 aliphatic heterocycles. The molecular formula is C24H19BrN2O5. The molecule has 0 aliphatic carbocycles. The fraction of sp³-hybridized carbons (Fsp3) is 0.167. The molecule has 3 aromatic rings. The predicted octanol–water partition coefficient (Wildman–Crippen LogP) is 4.21. The molecule has 0 aromatic heterocycles. The van der Waals surface area contributed by atoms with Crippen LogP contribution in [0.4, 0.5) is 11.4 Å². The molecule has 3 unspecified atom stereocenters. The number of methoxy groups -OCH3 is 1. The highest BCUT2D eigenvalue weighted by atomic mass is 79.9. The Bertz CT molecular complexity index is 1180. The first kappa shape index (κ1) is 20.5. The molecule has 5 rings (SSSR count). The molecule has 3 aromatic carbocycles. The van der Waals surface area contributed by atoms with Gasteiger partial charge in [0, 0.05) is 4.47 Å². The third-order valence-electron chi connectivity index (χ3n) is 5.75. The first-order valence-electron chi connectivity index (χ1n) is 10.0. The van der Waals surface area contributed by atoms with Gasteiger partial charge in [-0.2, -0.15) is 0 Å². The van der Waals surface area contributed by atoms with Crippen molar-refractivity contribution in [2.75, 3.05) is 17.1 Å². The second kappa shape index (κ2) is 7.96. The van der Waals surface area contributed by atoms with Crippen molar-refractivity contribution in [2.24, 2.45) is 5.92 Å². The van der Waals surface area contributed by atoms with E-state index in [-0.39, 0.29) is 11.7 Å². The molecule has 1 N–H and O–H groups in total. The quantitative estimate of drug-likeness (QED) is 0.547. The van der Waals surface area contributed by atoms with Crippen molar-refractivity contribution >= 4 is 39.1 Å². The van der Waals surface area contributed by atoms with Gasteiger partial charge in [-0.25, -0.2) is 9.96 Å². The molecule has 0 radical (unpaired) electrons. The highest BCUT2D eigenvalue weighted by molar-refractivity contribution is 9.10. The summed E-state index contributed by atoms with van der Waals surface area (Å²) in [5.74, 6) is -0.888. The highest BCUT2D eigenvalue weighted by Crippen LogP contribution is 2.49. The summed E-state index contributed by atoms with van der Waals surface area (Å²) < 4.78 is 5.88. The molecule has 162 valence electrons. The van der Waals surface area contributed by atoms with E-state index in [1.54, 1.807) is 54.6 Å². The van der Waals surface area contributed by atoms with Crippen molar-refractivity contribution in [1.82, 2.24) is 0 Å². The van der Waals surface area contributed by atoms with Crippen molar-refractivity contribution in [3.63, 3.8) is 0 Å². The maximum Gasteiger partial charge on any atom is 0.266 e. The minimum atomic E-state index is -0.982. The number of aromatic hydroxyl groups is 1. The first-order valence-corrected chi connectivity index (χ1v) is 10.8. The maximum atomic E-state index is 13.6. The summed E-state index contributed by atoms with van der Waals surface area (Å²) in [4.78, 5) is 34.2. The molecule has 2 saturated heterocycles. The predicted molar refractivity (Wildman–Crippen MR) is 121 cm³/mol. The standard InChI is InChI=1S/C24H19BrN2O5/c1-31-17-10-7-14(8-11-17)26-23(29)20-21(18-13-16(28)9-12-19(18)25)27(32-22(20)24(26)30)15-5-3-2-4-6-15/h2-13,20-22,28H,1H3. The fourth-order valence-electron chi connectivity index (χ4n) is 4.27. The van der Waals surface area contributed by atoms with E-state index in [1.807, 2.05) is 30.3 Å². The molecule has 2 aliphatic rings. The number of imide groups is 1. The van der Waals surface area contributed by atoms with Gasteiger partial charge in [-0.15, -0.1) is 0 Å². The highest BCUT2D eigenvalue weighted by Gasteiger charge is 2.60. The van der Waals surface area contributed by atoms with Gasteiger partial charge >= 0.3 is 0 Å². The number of phenolic OH excluding ortho intramolecular Hbond substituents is 1. The van der Waals surface area contributed by atoms with E-state index in [1.165, 1.54) is 4.90 Å². The molecule has 0 saturated carbocycles. The molecule has 2 amide bonds. The van der Waals surface area contributed by atoms with Gasteiger partial charge in [0.05, 0.1) is 24.5 Å². The number of fused-ring (bicyclic) bond motifs is 1. The lowest BCUT2D eigenvalue weighted by Crippen LogP contribution is -2.37. The van der Waals surface area contributed by atoms with E-state index in [9.17, 15) is 14.7 Å². The third-order valence-corrected chi connectivity index (χ3v) is 6.48. The van der Waals surface area contributed by atoms with Gasteiger partial charge in [0.25, 0.3) is 5.91 Å². The zero-order valence-electron chi connectivity index (χ0n) is 17.0. The molecule has 2 heterocycles. The van der Waals surface area contributed by atoms with E-state index >= 15 is 0 Å². The van der Waals surface area contributed by atoms with Crippen LogP contribution in [-0.2, 0) is 14.4 Å².